The fourth-order valence-electron chi connectivity index (χ4n) is 5.33. The smallest absolute Gasteiger partial charge is 0.383 e. The molecular weight excluding hydrogens is 498 g/mol. The van der Waals surface area contributed by atoms with Crippen LogP contribution in [-0.2, 0) is 6.18 Å². The first-order chi connectivity index (χ1) is 18.2. The number of aliphatic imine (C=N–C) groups is 1. The van der Waals surface area contributed by atoms with Gasteiger partial charge in [0, 0.05) is 56.1 Å². The molecule has 2 aromatic rings. The van der Waals surface area contributed by atoms with Gasteiger partial charge in [-0.05, 0) is 51.4 Å². The molecular formula is C27H33F4N7. The van der Waals surface area contributed by atoms with Crippen molar-refractivity contribution < 1.29 is 17.6 Å². The van der Waals surface area contributed by atoms with Gasteiger partial charge in [-0.25, -0.2) is 14.4 Å². The van der Waals surface area contributed by atoms with Crippen molar-refractivity contribution in [3.63, 3.8) is 0 Å². The number of allylic oxidation sites excluding steroid dienone is 2. The molecule has 204 valence electrons. The highest BCUT2D eigenvalue weighted by molar-refractivity contribution is 6.13. The third kappa shape index (κ3) is 5.68. The van der Waals surface area contributed by atoms with E-state index in [0.717, 1.165) is 55.4 Å². The largest absolute Gasteiger partial charge is 0.416 e. The van der Waals surface area contributed by atoms with Gasteiger partial charge in [0.05, 0.1) is 17.2 Å². The minimum atomic E-state index is -4.58. The van der Waals surface area contributed by atoms with Gasteiger partial charge in [0.2, 0.25) is 0 Å². The van der Waals surface area contributed by atoms with Crippen molar-refractivity contribution in [2.75, 3.05) is 56.4 Å². The van der Waals surface area contributed by atoms with E-state index in [2.05, 4.69) is 42.7 Å². The molecule has 3 aliphatic rings. The number of rotatable bonds is 6. The van der Waals surface area contributed by atoms with Crippen LogP contribution in [0.25, 0.3) is 5.57 Å². The van der Waals surface area contributed by atoms with E-state index in [4.69, 9.17) is 5.73 Å². The Labute approximate surface area is 220 Å². The van der Waals surface area contributed by atoms with E-state index in [9.17, 15) is 13.2 Å². The summed E-state index contributed by atoms with van der Waals surface area (Å²) in [6, 6.07) is 2.80. The molecule has 7 nitrogen and oxygen atoms in total. The van der Waals surface area contributed by atoms with Crippen molar-refractivity contribution in [1.82, 2.24) is 19.8 Å². The predicted octanol–water partition coefficient (Wildman–Crippen LogP) is 4.42. The number of alkyl halides is 3. The van der Waals surface area contributed by atoms with E-state index in [-0.39, 0.29) is 12.1 Å². The molecule has 5 rings (SSSR count). The summed E-state index contributed by atoms with van der Waals surface area (Å²) >= 11 is 0. The number of anilines is 2. The van der Waals surface area contributed by atoms with Crippen molar-refractivity contribution in [3.8, 4) is 0 Å². The summed E-state index contributed by atoms with van der Waals surface area (Å²) in [6.45, 7) is 6.92. The van der Waals surface area contributed by atoms with Crippen LogP contribution in [0, 0.1) is 5.82 Å². The Bertz CT molecular complexity index is 1200. The minimum absolute atomic E-state index is 0.232. The molecule has 2 fully saturated rings. The van der Waals surface area contributed by atoms with Crippen molar-refractivity contribution in [2.45, 2.75) is 44.4 Å². The zero-order chi connectivity index (χ0) is 26.9. The van der Waals surface area contributed by atoms with Gasteiger partial charge in [-0.2, -0.15) is 13.2 Å². The summed E-state index contributed by atoms with van der Waals surface area (Å²) in [4.78, 5) is 19.9. The third-order valence-electron chi connectivity index (χ3n) is 7.68. The first-order valence-corrected chi connectivity index (χ1v) is 13.1. The predicted molar refractivity (Wildman–Crippen MR) is 141 cm³/mol. The van der Waals surface area contributed by atoms with E-state index in [1.165, 1.54) is 12.4 Å². The number of piperazine rings is 1. The SMILES string of the molecule is CC1CCC=C(c2c(N)ncnc2N2CCN(C(CN3CCC3)c3ccc(C(F)(F)F)cc3F)CC2)C=N1. The summed E-state index contributed by atoms with van der Waals surface area (Å²) in [5, 5.41) is 0. The van der Waals surface area contributed by atoms with Crippen molar-refractivity contribution in [1.29, 1.82) is 0 Å². The molecule has 2 saturated heterocycles. The Morgan fingerprint density at radius 2 is 1.84 bits per heavy atom. The van der Waals surface area contributed by atoms with Gasteiger partial charge in [-0.1, -0.05) is 12.1 Å². The van der Waals surface area contributed by atoms with Gasteiger partial charge in [0.25, 0.3) is 0 Å². The van der Waals surface area contributed by atoms with E-state index >= 15 is 4.39 Å². The summed E-state index contributed by atoms with van der Waals surface area (Å²) in [6.07, 6.45) is 3.77. The van der Waals surface area contributed by atoms with Crippen LogP contribution in [0.3, 0.4) is 0 Å². The Balaban J connectivity index is 1.37. The summed E-state index contributed by atoms with van der Waals surface area (Å²) in [5.41, 5.74) is 7.33. The average molecular weight is 532 g/mol. The van der Waals surface area contributed by atoms with Crippen molar-refractivity contribution >= 4 is 23.4 Å². The monoisotopic (exact) mass is 531 g/mol. The van der Waals surface area contributed by atoms with Crippen LogP contribution in [0.5, 0.6) is 0 Å². The van der Waals surface area contributed by atoms with Crippen molar-refractivity contribution in [2.24, 2.45) is 4.99 Å². The van der Waals surface area contributed by atoms with Crippen LogP contribution in [-0.4, -0.2) is 77.8 Å². The number of aromatic nitrogens is 2. The molecule has 2 unspecified atom stereocenters. The first-order valence-electron chi connectivity index (χ1n) is 13.1. The zero-order valence-corrected chi connectivity index (χ0v) is 21.5. The van der Waals surface area contributed by atoms with Crippen LogP contribution in [0.2, 0.25) is 0 Å². The quantitative estimate of drug-likeness (QED) is 0.557. The Morgan fingerprint density at radius 1 is 1.08 bits per heavy atom. The van der Waals surface area contributed by atoms with E-state index in [1.54, 1.807) is 0 Å². The van der Waals surface area contributed by atoms with E-state index in [0.29, 0.717) is 50.2 Å². The fraction of sp³-hybridized carbons (Fsp3) is 0.519. The van der Waals surface area contributed by atoms with Gasteiger partial charge >= 0.3 is 6.18 Å². The van der Waals surface area contributed by atoms with Crippen molar-refractivity contribution in [3.05, 3.63) is 53.1 Å². The molecule has 0 amide bonds. The maximum atomic E-state index is 15.1. The van der Waals surface area contributed by atoms with Crippen LogP contribution in [0.1, 0.15) is 48.9 Å². The standard InChI is InChI=1S/C27H33F4N7/c1-18-4-2-5-19(15-33-18)24-25(32)34-17-35-26(24)38-12-10-37(11-13-38)23(16-36-8-3-9-36)21-7-6-20(14-22(21)28)27(29,30)31/h5-7,14-15,17-18,23H,2-4,8-13,16H2,1H3,(H2,32,34,35). The number of benzene rings is 1. The number of likely N-dealkylation sites (tertiary alicyclic amines) is 1. The van der Waals surface area contributed by atoms with E-state index < -0.39 is 17.6 Å². The number of halogens is 4. The number of nitrogens with zero attached hydrogens (tertiary/aromatic N) is 6. The molecule has 2 atom stereocenters. The minimum Gasteiger partial charge on any atom is -0.383 e. The van der Waals surface area contributed by atoms with Gasteiger partial charge in [-0.3, -0.25) is 9.89 Å². The maximum absolute atomic E-state index is 15.1. The van der Waals surface area contributed by atoms with E-state index in [1.807, 2.05) is 6.21 Å². The topological polar surface area (TPSA) is 73.9 Å². The lowest BCUT2D eigenvalue weighted by atomic mass is 9.99. The Hall–Kier alpha value is -3.05. The van der Waals surface area contributed by atoms with Gasteiger partial charge in [-0.15, -0.1) is 0 Å². The van der Waals surface area contributed by atoms with Crippen LogP contribution in [0.4, 0.5) is 29.2 Å². The summed E-state index contributed by atoms with van der Waals surface area (Å²) in [7, 11) is 0. The molecule has 4 heterocycles. The summed E-state index contributed by atoms with van der Waals surface area (Å²) < 4.78 is 54.5. The van der Waals surface area contributed by atoms with Crippen LogP contribution >= 0.6 is 0 Å². The maximum Gasteiger partial charge on any atom is 0.416 e. The highest BCUT2D eigenvalue weighted by Gasteiger charge is 2.35. The number of nitrogen functional groups attached to an aromatic ring is 1. The normalized spacial score (nSPS) is 22.1. The fourth-order valence-corrected chi connectivity index (χ4v) is 5.33. The van der Waals surface area contributed by atoms with Gasteiger partial charge < -0.3 is 15.5 Å². The second-order valence-electron chi connectivity index (χ2n) is 10.2. The molecule has 0 aliphatic carbocycles. The summed E-state index contributed by atoms with van der Waals surface area (Å²) in [5.74, 6) is 0.323. The lowest BCUT2D eigenvalue weighted by Crippen LogP contribution is -2.52. The molecule has 1 aromatic heterocycles. The van der Waals surface area contributed by atoms with Crippen LogP contribution < -0.4 is 10.6 Å². The molecule has 0 saturated carbocycles. The number of hydrogen-bond acceptors (Lipinski definition) is 7. The molecule has 11 heteroatoms. The lowest BCUT2D eigenvalue weighted by Gasteiger charge is -2.43. The molecule has 38 heavy (non-hydrogen) atoms. The second kappa shape index (κ2) is 11.0. The Kier molecular flexibility index (Phi) is 7.67. The lowest BCUT2D eigenvalue weighted by molar-refractivity contribution is -0.137. The Morgan fingerprint density at radius 3 is 2.50 bits per heavy atom. The molecule has 0 spiro atoms. The first kappa shape index (κ1) is 26.6. The zero-order valence-electron chi connectivity index (χ0n) is 21.5. The highest BCUT2D eigenvalue weighted by Crippen LogP contribution is 2.35. The molecule has 1 aromatic carbocycles. The molecule has 0 radical (unpaired) electrons. The van der Waals surface area contributed by atoms with Crippen LogP contribution in [0.15, 0.2) is 35.6 Å². The number of hydrogen-bond donors (Lipinski definition) is 1. The van der Waals surface area contributed by atoms with Gasteiger partial charge in [0.15, 0.2) is 0 Å². The number of nitrogens with two attached hydrogens (primary N) is 1. The average Bonchev–Trinajstić information content (AvgIpc) is 3.07. The second-order valence-corrected chi connectivity index (χ2v) is 10.2. The third-order valence-corrected chi connectivity index (χ3v) is 7.68. The highest BCUT2D eigenvalue weighted by atomic mass is 19.4. The molecule has 2 N–H and O–H groups in total. The van der Waals surface area contributed by atoms with Gasteiger partial charge in [0.1, 0.15) is 23.8 Å². The molecule has 0 bridgehead atoms. The molecule has 3 aliphatic heterocycles.